The summed E-state index contributed by atoms with van der Waals surface area (Å²) in [6, 6.07) is 3.85. The molecule has 1 heterocycles. The van der Waals surface area contributed by atoms with Crippen molar-refractivity contribution in [2.24, 2.45) is 0 Å². The van der Waals surface area contributed by atoms with Crippen molar-refractivity contribution >= 4 is 34.7 Å². The van der Waals surface area contributed by atoms with Gasteiger partial charge in [-0.1, -0.05) is 5.92 Å². The van der Waals surface area contributed by atoms with Crippen LogP contribution in [0.3, 0.4) is 0 Å². The van der Waals surface area contributed by atoms with Gasteiger partial charge in [0.25, 0.3) is 0 Å². The number of benzene rings is 1. The van der Waals surface area contributed by atoms with Crippen LogP contribution in [0.1, 0.15) is 12.0 Å². The van der Waals surface area contributed by atoms with Crippen LogP contribution >= 0.6 is 11.8 Å². The summed E-state index contributed by atoms with van der Waals surface area (Å²) in [5.74, 6) is 4.32. The number of terminal acetylenes is 1. The Bertz CT molecular complexity index is 522. The maximum atomic E-state index is 11.3. The lowest BCUT2D eigenvalue weighted by molar-refractivity contribution is -0.116. The summed E-state index contributed by atoms with van der Waals surface area (Å²) in [7, 11) is 0. The molecule has 1 aromatic rings. The molecule has 0 fully saturated rings. The largest absolute Gasteiger partial charge is 0.397 e. The highest BCUT2D eigenvalue weighted by Crippen LogP contribution is 2.30. The third-order valence-corrected chi connectivity index (χ3v) is 3.78. The van der Waals surface area contributed by atoms with Gasteiger partial charge < -0.3 is 16.4 Å². The van der Waals surface area contributed by atoms with Gasteiger partial charge in [-0.2, -0.15) is 0 Å². The van der Waals surface area contributed by atoms with E-state index < -0.39 is 0 Å². The Kier molecular flexibility index (Phi) is 4.58. The number of amides is 1. The van der Waals surface area contributed by atoms with Gasteiger partial charge in [-0.25, -0.2) is 0 Å². The predicted molar refractivity (Wildman–Crippen MR) is 82.5 cm³/mol. The van der Waals surface area contributed by atoms with Crippen molar-refractivity contribution in [3.8, 4) is 12.3 Å². The molecule has 1 amide bonds. The molecule has 0 radical (unpaired) electrons. The molecule has 1 aliphatic rings. The highest BCUT2D eigenvalue weighted by Gasteiger charge is 2.16. The maximum Gasteiger partial charge on any atom is 0.224 e. The van der Waals surface area contributed by atoms with E-state index in [1.54, 1.807) is 11.8 Å². The Labute approximate surface area is 117 Å². The smallest absolute Gasteiger partial charge is 0.224 e. The Morgan fingerprint density at radius 3 is 3.11 bits per heavy atom. The molecule has 100 valence electrons. The minimum Gasteiger partial charge on any atom is -0.397 e. The quantitative estimate of drug-likeness (QED) is 0.436. The van der Waals surface area contributed by atoms with Crippen LogP contribution in [0, 0.1) is 12.3 Å². The fourth-order valence-corrected chi connectivity index (χ4v) is 2.50. The molecule has 0 saturated carbocycles. The molecule has 4 nitrogen and oxygen atoms in total. The second-order valence-corrected chi connectivity index (χ2v) is 5.43. The van der Waals surface area contributed by atoms with Crippen molar-refractivity contribution in [1.29, 1.82) is 0 Å². The molecule has 4 N–H and O–H groups in total. The normalized spacial score (nSPS) is 13.3. The number of anilines is 3. The third-order valence-electron chi connectivity index (χ3n) is 2.92. The van der Waals surface area contributed by atoms with Gasteiger partial charge in [-0.3, -0.25) is 4.79 Å². The van der Waals surface area contributed by atoms with Gasteiger partial charge >= 0.3 is 0 Å². The summed E-state index contributed by atoms with van der Waals surface area (Å²) >= 11 is 1.71. The number of nitrogens with two attached hydrogens (primary N) is 1. The molecule has 0 saturated heterocycles. The molecular formula is C14H17N3OS. The number of rotatable bonds is 5. The van der Waals surface area contributed by atoms with Crippen LogP contribution < -0.4 is 16.4 Å². The van der Waals surface area contributed by atoms with Crippen molar-refractivity contribution in [2.75, 3.05) is 34.4 Å². The van der Waals surface area contributed by atoms with Gasteiger partial charge in [0.1, 0.15) is 0 Å². The van der Waals surface area contributed by atoms with E-state index in [2.05, 4.69) is 16.6 Å². The Balaban J connectivity index is 1.98. The number of carbonyl (C=O) groups excluding carboxylic acids is 1. The molecule has 5 heteroatoms. The van der Waals surface area contributed by atoms with Gasteiger partial charge in [0, 0.05) is 24.4 Å². The molecule has 0 atom stereocenters. The summed E-state index contributed by atoms with van der Waals surface area (Å²) in [6.45, 7) is 0.821. The molecule has 1 aromatic carbocycles. The topological polar surface area (TPSA) is 67.2 Å². The number of thioether (sulfide) groups is 1. The minimum absolute atomic E-state index is 0.0540. The van der Waals surface area contributed by atoms with Crippen LogP contribution in [0.2, 0.25) is 0 Å². The summed E-state index contributed by atoms with van der Waals surface area (Å²) in [5.41, 5.74) is 9.53. The zero-order chi connectivity index (χ0) is 13.7. The monoisotopic (exact) mass is 275 g/mol. The number of nitrogens with one attached hydrogen (secondary N) is 2. The van der Waals surface area contributed by atoms with E-state index in [-0.39, 0.29) is 5.91 Å². The van der Waals surface area contributed by atoms with E-state index in [4.69, 9.17) is 12.2 Å². The van der Waals surface area contributed by atoms with Crippen LogP contribution in [0.25, 0.3) is 0 Å². The highest BCUT2D eigenvalue weighted by molar-refractivity contribution is 7.99. The van der Waals surface area contributed by atoms with E-state index in [0.29, 0.717) is 12.1 Å². The SMILES string of the molecule is C#CCSCCNc1cc2c(cc1N)NC(=O)CC2. The Morgan fingerprint density at radius 2 is 2.32 bits per heavy atom. The van der Waals surface area contributed by atoms with Crippen LogP contribution in [-0.2, 0) is 11.2 Å². The fourth-order valence-electron chi connectivity index (χ4n) is 1.99. The van der Waals surface area contributed by atoms with E-state index in [9.17, 15) is 4.79 Å². The number of hydrogen-bond donors (Lipinski definition) is 3. The van der Waals surface area contributed by atoms with E-state index in [1.807, 2.05) is 12.1 Å². The van der Waals surface area contributed by atoms with Gasteiger partial charge in [-0.05, 0) is 24.1 Å². The summed E-state index contributed by atoms with van der Waals surface area (Å²) < 4.78 is 0. The van der Waals surface area contributed by atoms with Crippen molar-refractivity contribution in [1.82, 2.24) is 0 Å². The second-order valence-electron chi connectivity index (χ2n) is 4.33. The van der Waals surface area contributed by atoms with Crippen molar-refractivity contribution < 1.29 is 4.79 Å². The maximum absolute atomic E-state index is 11.3. The molecule has 0 unspecified atom stereocenters. The number of hydrogen-bond acceptors (Lipinski definition) is 4. The van der Waals surface area contributed by atoms with Crippen LogP contribution in [0.5, 0.6) is 0 Å². The Morgan fingerprint density at radius 1 is 1.47 bits per heavy atom. The van der Waals surface area contributed by atoms with E-state index >= 15 is 0 Å². The van der Waals surface area contributed by atoms with Gasteiger partial charge in [0.15, 0.2) is 0 Å². The highest BCUT2D eigenvalue weighted by atomic mass is 32.2. The van der Waals surface area contributed by atoms with Gasteiger partial charge in [0.05, 0.1) is 17.1 Å². The number of carbonyl (C=O) groups is 1. The second kappa shape index (κ2) is 6.39. The first kappa shape index (κ1) is 13.6. The van der Waals surface area contributed by atoms with Crippen molar-refractivity contribution in [2.45, 2.75) is 12.8 Å². The van der Waals surface area contributed by atoms with Gasteiger partial charge in [-0.15, -0.1) is 18.2 Å². The lowest BCUT2D eigenvalue weighted by Gasteiger charge is -2.19. The zero-order valence-electron chi connectivity index (χ0n) is 10.7. The zero-order valence-corrected chi connectivity index (χ0v) is 11.5. The molecule has 1 aliphatic heterocycles. The standard InChI is InChI=1S/C14H17N3OS/c1-2-6-19-7-5-16-13-8-10-3-4-14(18)17-12(10)9-11(13)15/h1,8-9,16H,3-7,15H2,(H,17,18). The Hall–Kier alpha value is -1.80. The predicted octanol–water partition coefficient (Wildman–Crippen LogP) is 1.93. The minimum atomic E-state index is 0.0540. The first-order valence-corrected chi connectivity index (χ1v) is 7.33. The average Bonchev–Trinajstić information content (AvgIpc) is 2.39. The first-order valence-electron chi connectivity index (χ1n) is 6.18. The van der Waals surface area contributed by atoms with Crippen molar-refractivity contribution in [3.05, 3.63) is 17.7 Å². The first-order chi connectivity index (χ1) is 9.20. The molecule has 0 aromatic heterocycles. The molecular weight excluding hydrogens is 258 g/mol. The summed E-state index contributed by atoms with van der Waals surface area (Å²) in [6.07, 6.45) is 6.49. The number of fused-ring (bicyclic) bond motifs is 1. The van der Waals surface area contributed by atoms with E-state index in [1.165, 1.54) is 0 Å². The van der Waals surface area contributed by atoms with Crippen LogP contribution in [-0.4, -0.2) is 24.0 Å². The van der Waals surface area contributed by atoms with Crippen molar-refractivity contribution in [3.63, 3.8) is 0 Å². The lowest BCUT2D eigenvalue weighted by Crippen LogP contribution is -2.19. The molecule has 0 spiro atoms. The molecule has 0 bridgehead atoms. The number of nitrogen functional groups attached to an aromatic ring is 1. The molecule has 19 heavy (non-hydrogen) atoms. The number of aryl methyl sites for hydroxylation is 1. The summed E-state index contributed by atoms with van der Waals surface area (Å²) in [4.78, 5) is 11.3. The van der Waals surface area contributed by atoms with Crippen LogP contribution in [0.15, 0.2) is 12.1 Å². The average molecular weight is 275 g/mol. The summed E-state index contributed by atoms with van der Waals surface area (Å²) in [5, 5.41) is 6.14. The molecule has 0 aliphatic carbocycles. The van der Waals surface area contributed by atoms with Gasteiger partial charge in [0.2, 0.25) is 5.91 Å². The molecule has 2 rings (SSSR count). The van der Waals surface area contributed by atoms with E-state index in [0.717, 1.165) is 41.4 Å². The van der Waals surface area contributed by atoms with Crippen LogP contribution in [0.4, 0.5) is 17.1 Å². The fraction of sp³-hybridized carbons (Fsp3) is 0.357. The third kappa shape index (κ3) is 3.58. The lowest BCUT2D eigenvalue weighted by atomic mass is 10.0.